The van der Waals surface area contributed by atoms with Crippen molar-refractivity contribution in [3.63, 3.8) is 0 Å². The predicted octanol–water partition coefficient (Wildman–Crippen LogP) is 4.21. The SMILES string of the molecule is CCN(CC)c1cc(C(F)(F)F)ccc1Cl. The van der Waals surface area contributed by atoms with Crippen LogP contribution in [0.5, 0.6) is 0 Å². The zero-order valence-electron chi connectivity index (χ0n) is 9.11. The quantitative estimate of drug-likeness (QED) is 0.778. The second-order valence-corrected chi connectivity index (χ2v) is 3.74. The molecule has 90 valence electrons. The first-order chi connectivity index (χ1) is 7.40. The molecule has 1 nitrogen and oxygen atoms in total. The molecule has 0 atom stereocenters. The minimum absolute atomic E-state index is 0.344. The fourth-order valence-corrected chi connectivity index (χ4v) is 1.73. The molecule has 0 aliphatic heterocycles. The minimum Gasteiger partial charge on any atom is -0.371 e. The van der Waals surface area contributed by atoms with Crippen LogP contribution in [-0.4, -0.2) is 13.1 Å². The molecule has 0 heterocycles. The Kier molecular flexibility index (Phi) is 4.08. The summed E-state index contributed by atoms with van der Waals surface area (Å²) in [5, 5.41) is 0.344. The summed E-state index contributed by atoms with van der Waals surface area (Å²) in [4.78, 5) is 1.79. The van der Waals surface area contributed by atoms with E-state index in [0.717, 1.165) is 12.1 Å². The molecule has 0 saturated carbocycles. The molecule has 0 saturated heterocycles. The lowest BCUT2D eigenvalue weighted by atomic mass is 10.2. The van der Waals surface area contributed by atoms with Crippen molar-refractivity contribution in [2.75, 3.05) is 18.0 Å². The van der Waals surface area contributed by atoms with Gasteiger partial charge in [0.25, 0.3) is 0 Å². The van der Waals surface area contributed by atoms with Crippen molar-refractivity contribution < 1.29 is 13.2 Å². The van der Waals surface area contributed by atoms with Crippen LogP contribution in [0.3, 0.4) is 0 Å². The van der Waals surface area contributed by atoms with Crippen molar-refractivity contribution in [1.82, 2.24) is 0 Å². The first-order valence-electron chi connectivity index (χ1n) is 5.01. The molecule has 0 aliphatic rings. The maximum absolute atomic E-state index is 12.5. The van der Waals surface area contributed by atoms with Gasteiger partial charge >= 0.3 is 6.18 Å². The molecule has 1 aromatic carbocycles. The maximum Gasteiger partial charge on any atom is 0.416 e. The Balaban J connectivity index is 3.18. The van der Waals surface area contributed by atoms with Crippen molar-refractivity contribution in [3.8, 4) is 0 Å². The molecule has 0 radical (unpaired) electrons. The van der Waals surface area contributed by atoms with Crippen LogP contribution in [0.25, 0.3) is 0 Å². The third-order valence-electron chi connectivity index (χ3n) is 2.38. The first kappa shape index (κ1) is 13.2. The highest BCUT2D eigenvalue weighted by Crippen LogP contribution is 2.35. The Morgan fingerprint density at radius 2 is 1.75 bits per heavy atom. The van der Waals surface area contributed by atoms with Gasteiger partial charge in [-0.1, -0.05) is 11.6 Å². The number of hydrogen-bond donors (Lipinski definition) is 0. The van der Waals surface area contributed by atoms with E-state index in [4.69, 9.17) is 11.6 Å². The smallest absolute Gasteiger partial charge is 0.371 e. The zero-order chi connectivity index (χ0) is 12.3. The largest absolute Gasteiger partial charge is 0.416 e. The van der Waals surface area contributed by atoms with Gasteiger partial charge in [-0.25, -0.2) is 0 Å². The summed E-state index contributed by atoms with van der Waals surface area (Å²) in [6.45, 7) is 5.00. The van der Waals surface area contributed by atoms with Crippen LogP contribution < -0.4 is 4.90 Å². The average molecular weight is 252 g/mol. The molecule has 0 aromatic heterocycles. The third kappa shape index (κ3) is 2.82. The van der Waals surface area contributed by atoms with Crippen LogP contribution in [0.2, 0.25) is 5.02 Å². The van der Waals surface area contributed by atoms with E-state index in [0.29, 0.717) is 23.8 Å². The fraction of sp³-hybridized carbons (Fsp3) is 0.455. The number of rotatable bonds is 3. The van der Waals surface area contributed by atoms with Crippen molar-refractivity contribution in [2.24, 2.45) is 0 Å². The van der Waals surface area contributed by atoms with Gasteiger partial charge in [-0.3, -0.25) is 0 Å². The van der Waals surface area contributed by atoms with Gasteiger partial charge in [0.1, 0.15) is 0 Å². The Morgan fingerprint density at radius 1 is 1.19 bits per heavy atom. The maximum atomic E-state index is 12.5. The second kappa shape index (κ2) is 4.95. The van der Waals surface area contributed by atoms with Crippen molar-refractivity contribution in [1.29, 1.82) is 0 Å². The highest BCUT2D eigenvalue weighted by Gasteiger charge is 2.31. The number of alkyl halides is 3. The molecular weight excluding hydrogens is 239 g/mol. The van der Waals surface area contributed by atoms with E-state index in [1.54, 1.807) is 4.90 Å². The molecule has 5 heteroatoms. The standard InChI is InChI=1S/C11H13ClF3N/c1-3-16(4-2)10-7-8(11(13,14)15)5-6-9(10)12/h5-7H,3-4H2,1-2H3. The number of benzene rings is 1. The normalized spacial score (nSPS) is 11.6. The van der Waals surface area contributed by atoms with Crippen LogP contribution in [-0.2, 0) is 6.18 Å². The van der Waals surface area contributed by atoms with Crippen LogP contribution in [0.15, 0.2) is 18.2 Å². The van der Waals surface area contributed by atoms with Crippen LogP contribution in [0.4, 0.5) is 18.9 Å². The number of nitrogens with zero attached hydrogens (tertiary/aromatic N) is 1. The summed E-state index contributed by atoms with van der Waals surface area (Å²) in [5.74, 6) is 0. The number of hydrogen-bond acceptors (Lipinski definition) is 1. The van der Waals surface area contributed by atoms with Crippen molar-refractivity contribution in [3.05, 3.63) is 28.8 Å². The summed E-state index contributed by atoms with van der Waals surface area (Å²) < 4.78 is 37.5. The number of halogens is 4. The Hall–Kier alpha value is -0.900. The van der Waals surface area contributed by atoms with Gasteiger partial charge < -0.3 is 4.90 Å². The molecule has 0 unspecified atom stereocenters. The van der Waals surface area contributed by atoms with Gasteiger partial charge in [0.2, 0.25) is 0 Å². The highest BCUT2D eigenvalue weighted by molar-refractivity contribution is 6.33. The monoisotopic (exact) mass is 251 g/mol. The lowest BCUT2D eigenvalue weighted by molar-refractivity contribution is -0.137. The van der Waals surface area contributed by atoms with Gasteiger partial charge in [0, 0.05) is 13.1 Å². The molecule has 1 aromatic rings. The first-order valence-corrected chi connectivity index (χ1v) is 5.39. The van der Waals surface area contributed by atoms with Crippen LogP contribution >= 0.6 is 11.6 Å². The average Bonchev–Trinajstić information content (AvgIpc) is 2.20. The summed E-state index contributed by atoms with van der Waals surface area (Å²) in [6.07, 6.45) is -4.33. The van der Waals surface area contributed by atoms with Gasteiger partial charge in [-0.05, 0) is 32.0 Å². The lowest BCUT2D eigenvalue weighted by Crippen LogP contribution is -2.22. The summed E-state index contributed by atoms with van der Waals surface area (Å²) in [6, 6.07) is 3.38. The zero-order valence-corrected chi connectivity index (χ0v) is 9.86. The predicted molar refractivity (Wildman–Crippen MR) is 60.0 cm³/mol. The fourth-order valence-electron chi connectivity index (χ4n) is 1.50. The molecule has 0 amide bonds. The van der Waals surface area contributed by atoms with E-state index in [9.17, 15) is 13.2 Å². The van der Waals surface area contributed by atoms with Gasteiger partial charge in [0.05, 0.1) is 16.3 Å². The van der Waals surface area contributed by atoms with E-state index in [1.807, 2.05) is 13.8 Å². The summed E-state index contributed by atoms with van der Waals surface area (Å²) >= 11 is 5.89. The van der Waals surface area contributed by atoms with Gasteiger partial charge in [-0.2, -0.15) is 13.2 Å². The molecule has 1 rings (SSSR count). The van der Waals surface area contributed by atoms with Crippen LogP contribution in [0, 0.1) is 0 Å². The molecular formula is C11H13ClF3N. The van der Waals surface area contributed by atoms with Gasteiger partial charge in [-0.15, -0.1) is 0 Å². The molecule has 0 aliphatic carbocycles. The van der Waals surface area contributed by atoms with E-state index < -0.39 is 11.7 Å². The van der Waals surface area contributed by atoms with E-state index >= 15 is 0 Å². The summed E-state index contributed by atoms with van der Waals surface area (Å²) in [5.41, 5.74) is -0.236. The van der Waals surface area contributed by atoms with E-state index in [2.05, 4.69) is 0 Å². The second-order valence-electron chi connectivity index (χ2n) is 3.34. The van der Waals surface area contributed by atoms with Crippen molar-refractivity contribution >= 4 is 17.3 Å². The van der Waals surface area contributed by atoms with E-state index in [-0.39, 0.29) is 0 Å². The topological polar surface area (TPSA) is 3.24 Å². The molecule has 0 fully saturated rings. The summed E-state index contributed by atoms with van der Waals surface area (Å²) in [7, 11) is 0. The van der Waals surface area contributed by atoms with E-state index in [1.165, 1.54) is 6.07 Å². The Bertz CT molecular complexity index is 359. The van der Waals surface area contributed by atoms with Crippen molar-refractivity contribution in [2.45, 2.75) is 20.0 Å². The minimum atomic E-state index is -4.33. The molecule has 0 bridgehead atoms. The Morgan fingerprint density at radius 3 is 2.19 bits per heavy atom. The Labute approximate surface area is 97.8 Å². The molecule has 16 heavy (non-hydrogen) atoms. The molecule has 0 N–H and O–H groups in total. The highest BCUT2D eigenvalue weighted by atomic mass is 35.5. The lowest BCUT2D eigenvalue weighted by Gasteiger charge is -2.23. The third-order valence-corrected chi connectivity index (χ3v) is 2.70. The number of anilines is 1. The van der Waals surface area contributed by atoms with Crippen LogP contribution in [0.1, 0.15) is 19.4 Å². The van der Waals surface area contributed by atoms with Gasteiger partial charge in [0.15, 0.2) is 0 Å². The molecule has 0 spiro atoms.